The zero-order chi connectivity index (χ0) is 18.1. The molecule has 2 aromatic rings. The molecule has 0 bridgehead atoms. The summed E-state index contributed by atoms with van der Waals surface area (Å²) in [6.45, 7) is 3.63. The van der Waals surface area contributed by atoms with Crippen molar-refractivity contribution in [3.8, 4) is 5.75 Å². The van der Waals surface area contributed by atoms with Crippen molar-refractivity contribution >= 4 is 46.0 Å². The number of imide groups is 1. The molecule has 2 heterocycles. The van der Waals surface area contributed by atoms with Crippen LogP contribution in [0.2, 0.25) is 5.02 Å². The first-order valence-electron chi connectivity index (χ1n) is 7.70. The van der Waals surface area contributed by atoms with Crippen molar-refractivity contribution in [3.63, 3.8) is 0 Å². The molecular formula is C18H17ClN2O3S. The monoisotopic (exact) mass is 376 g/mol. The van der Waals surface area contributed by atoms with Gasteiger partial charge >= 0.3 is 0 Å². The quantitative estimate of drug-likeness (QED) is 0.801. The second-order valence-electron chi connectivity index (χ2n) is 5.78. The Morgan fingerprint density at radius 3 is 2.52 bits per heavy atom. The summed E-state index contributed by atoms with van der Waals surface area (Å²) in [6, 6.07) is 8.57. The first-order valence-corrected chi connectivity index (χ1v) is 8.96. The van der Waals surface area contributed by atoms with Crippen molar-refractivity contribution in [1.82, 2.24) is 4.90 Å². The summed E-state index contributed by atoms with van der Waals surface area (Å²) >= 11 is 7.57. The molecule has 1 aromatic heterocycles. The molecule has 3 rings (SSSR count). The fourth-order valence-corrected chi connectivity index (χ4v) is 3.70. The van der Waals surface area contributed by atoms with E-state index in [1.807, 2.05) is 31.4 Å². The number of nitrogens with one attached hydrogen (secondary N) is 1. The molecule has 0 atom stereocenters. The predicted molar refractivity (Wildman–Crippen MR) is 99.9 cm³/mol. The number of rotatable bonds is 5. The topological polar surface area (TPSA) is 58.6 Å². The molecule has 2 amide bonds. The van der Waals surface area contributed by atoms with Crippen LogP contribution in [0.25, 0.3) is 5.57 Å². The van der Waals surface area contributed by atoms with Gasteiger partial charge in [0.05, 0.1) is 17.7 Å². The summed E-state index contributed by atoms with van der Waals surface area (Å²) in [5.41, 5.74) is 1.27. The number of amides is 2. The summed E-state index contributed by atoms with van der Waals surface area (Å²) in [6.07, 6.45) is 0. The Labute approximate surface area is 154 Å². The minimum Gasteiger partial charge on any atom is -0.495 e. The highest BCUT2D eigenvalue weighted by atomic mass is 35.5. The molecule has 5 nitrogen and oxygen atoms in total. The molecule has 130 valence electrons. The number of carbonyl (C=O) groups is 2. The van der Waals surface area contributed by atoms with Crippen LogP contribution in [-0.4, -0.2) is 29.9 Å². The highest BCUT2D eigenvalue weighted by Gasteiger charge is 2.40. The lowest BCUT2D eigenvalue weighted by molar-refractivity contribution is -0.138. The number of carbonyl (C=O) groups excluding carboxylic acids is 2. The average molecular weight is 377 g/mol. The molecule has 0 radical (unpaired) electrons. The fraction of sp³-hybridized carbons (Fsp3) is 0.222. The lowest BCUT2D eigenvalue weighted by atomic mass is 10.2. The van der Waals surface area contributed by atoms with E-state index in [0.29, 0.717) is 22.0 Å². The maximum absolute atomic E-state index is 12.8. The Kier molecular flexibility index (Phi) is 4.83. The molecule has 0 fully saturated rings. The van der Waals surface area contributed by atoms with E-state index in [0.717, 1.165) is 4.88 Å². The number of nitrogens with zero attached hydrogens (tertiary/aromatic N) is 1. The second kappa shape index (κ2) is 6.90. The Morgan fingerprint density at radius 1 is 1.20 bits per heavy atom. The summed E-state index contributed by atoms with van der Waals surface area (Å²) in [4.78, 5) is 27.6. The van der Waals surface area contributed by atoms with Crippen LogP contribution in [0.5, 0.6) is 5.75 Å². The van der Waals surface area contributed by atoms with Gasteiger partial charge in [0.1, 0.15) is 11.4 Å². The van der Waals surface area contributed by atoms with Crippen molar-refractivity contribution in [2.45, 2.75) is 19.9 Å². The summed E-state index contributed by atoms with van der Waals surface area (Å²) in [5.74, 6) is -0.0859. The molecule has 1 aliphatic rings. The molecular weight excluding hydrogens is 360 g/mol. The molecule has 0 saturated carbocycles. The van der Waals surface area contributed by atoms with Crippen LogP contribution in [0.15, 0.2) is 41.4 Å². The van der Waals surface area contributed by atoms with Crippen LogP contribution < -0.4 is 10.1 Å². The first-order chi connectivity index (χ1) is 11.9. The van der Waals surface area contributed by atoms with Crippen LogP contribution in [0.4, 0.5) is 5.69 Å². The zero-order valence-electron chi connectivity index (χ0n) is 14.0. The van der Waals surface area contributed by atoms with Crippen molar-refractivity contribution in [3.05, 3.63) is 51.3 Å². The minimum atomic E-state index is -0.338. The van der Waals surface area contributed by atoms with Gasteiger partial charge in [-0.25, -0.2) is 0 Å². The van der Waals surface area contributed by atoms with E-state index in [1.165, 1.54) is 23.3 Å². The summed E-state index contributed by atoms with van der Waals surface area (Å²) in [7, 11) is 1.53. The van der Waals surface area contributed by atoms with E-state index in [9.17, 15) is 9.59 Å². The zero-order valence-corrected chi connectivity index (χ0v) is 15.6. The molecule has 25 heavy (non-hydrogen) atoms. The number of benzene rings is 1. The molecule has 1 N–H and O–H groups in total. The number of methoxy groups -OCH3 is 1. The van der Waals surface area contributed by atoms with Crippen molar-refractivity contribution in [2.24, 2.45) is 0 Å². The fourth-order valence-electron chi connectivity index (χ4n) is 2.67. The van der Waals surface area contributed by atoms with Crippen molar-refractivity contribution in [1.29, 1.82) is 0 Å². The first kappa shape index (κ1) is 17.5. The van der Waals surface area contributed by atoms with E-state index in [2.05, 4.69) is 5.32 Å². The van der Waals surface area contributed by atoms with Gasteiger partial charge in [-0.3, -0.25) is 14.5 Å². The van der Waals surface area contributed by atoms with E-state index in [1.54, 1.807) is 18.2 Å². The number of anilines is 1. The van der Waals surface area contributed by atoms with Crippen LogP contribution in [0.1, 0.15) is 18.7 Å². The number of hydrogen-bond acceptors (Lipinski definition) is 5. The third-order valence-electron chi connectivity index (χ3n) is 3.82. The van der Waals surface area contributed by atoms with Gasteiger partial charge < -0.3 is 10.1 Å². The van der Waals surface area contributed by atoms with Crippen molar-refractivity contribution < 1.29 is 14.3 Å². The van der Waals surface area contributed by atoms with Crippen LogP contribution >= 0.6 is 22.9 Å². The largest absolute Gasteiger partial charge is 0.495 e. The number of halogens is 1. The van der Waals surface area contributed by atoms with Gasteiger partial charge in [0.25, 0.3) is 11.8 Å². The van der Waals surface area contributed by atoms with Crippen molar-refractivity contribution in [2.75, 3.05) is 12.4 Å². The van der Waals surface area contributed by atoms with Gasteiger partial charge in [-0.05, 0) is 43.5 Å². The number of thiophene rings is 1. The standard InChI is InChI=1S/C18H17ClN2O3S/c1-10(2)21-17(22)15(14-5-4-8-25-14)16(18(21)23)20-11-6-7-13(24-3)12(19)9-11/h4-10,20H,1-3H3. The summed E-state index contributed by atoms with van der Waals surface area (Å²) < 4.78 is 5.14. The highest BCUT2D eigenvalue weighted by Crippen LogP contribution is 2.35. The maximum Gasteiger partial charge on any atom is 0.278 e. The molecule has 7 heteroatoms. The van der Waals surface area contributed by atoms with Crippen LogP contribution in [-0.2, 0) is 9.59 Å². The van der Waals surface area contributed by atoms with Gasteiger partial charge in [0, 0.05) is 16.6 Å². The van der Waals surface area contributed by atoms with Gasteiger partial charge in [0.2, 0.25) is 0 Å². The maximum atomic E-state index is 12.8. The second-order valence-corrected chi connectivity index (χ2v) is 7.13. The number of ether oxygens (including phenoxy) is 1. The Balaban J connectivity index is 2.04. The molecule has 0 aliphatic carbocycles. The third kappa shape index (κ3) is 3.15. The summed E-state index contributed by atoms with van der Waals surface area (Å²) in [5, 5.41) is 5.37. The molecule has 1 aliphatic heterocycles. The molecule has 0 saturated heterocycles. The van der Waals surface area contributed by atoms with Crippen LogP contribution in [0.3, 0.4) is 0 Å². The lowest BCUT2D eigenvalue weighted by Crippen LogP contribution is -2.38. The number of hydrogen-bond donors (Lipinski definition) is 1. The Hall–Kier alpha value is -2.31. The smallest absolute Gasteiger partial charge is 0.278 e. The van der Waals surface area contributed by atoms with E-state index in [4.69, 9.17) is 16.3 Å². The minimum absolute atomic E-state index is 0.228. The normalized spacial score (nSPS) is 14.7. The highest BCUT2D eigenvalue weighted by molar-refractivity contribution is 7.11. The van der Waals surface area contributed by atoms with E-state index >= 15 is 0 Å². The average Bonchev–Trinajstić information content (AvgIpc) is 3.15. The van der Waals surface area contributed by atoms with Gasteiger partial charge in [-0.2, -0.15) is 0 Å². The van der Waals surface area contributed by atoms with Crippen LogP contribution in [0, 0.1) is 0 Å². The predicted octanol–water partition coefficient (Wildman–Crippen LogP) is 4.01. The Bertz CT molecular complexity index is 859. The van der Waals surface area contributed by atoms with E-state index in [-0.39, 0.29) is 23.6 Å². The van der Waals surface area contributed by atoms with Gasteiger partial charge in [-0.1, -0.05) is 17.7 Å². The van der Waals surface area contributed by atoms with Gasteiger partial charge in [-0.15, -0.1) is 11.3 Å². The third-order valence-corrected chi connectivity index (χ3v) is 5.00. The molecule has 0 unspecified atom stereocenters. The SMILES string of the molecule is COc1ccc(NC2=C(c3cccs3)C(=O)N(C(C)C)C2=O)cc1Cl. The van der Waals surface area contributed by atoms with Gasteiger partial charge in [0.15, 0.2) is 0 Å². The Morgan fingerprint density at radius 2 is 1.96 bits per heavy atom. The van der Waals surface area contributed by atoms with E-state index < -0.39 is 0 Å². The molecule has 0 spiro atoms. The molecule has 1 aromatic carbocycles. The lowest BCUT2D eigenvalue weighted by Gasteiger charge is -2.19.